The third kappa shape index (κ3) is 3.00. The summed E-state index contributed by atoms with van der Waals surface area (Å²) in [7, 11) is 2.83. The van der Waals surface area contributed by atoms with Gasteiger partial charge in [0.15, 0.2) is 17.3 Å². The van der Waals surface area contributed by atoms with Crippen LogP contribution in [0.1, 0.15) is 23.7 Å². The van der Waals surface area contributed by atoms with Crippen LogP contribution in [0.15, 0.2) is 46.8 Å². The van der Waals surface area contributed by atoms with E-state index < -0.39 is 23.1 Å². The zero-order valence-electron chi connectivity index (χ0n) is 18.5. The Morgan fingerprint density at radius 3 is 2.76 bits per heavy atom. The Kier molecular flexibility index (Phi) is 5.09. The molecule has 5 rings (SSSR count). The zero-order chi connectivity index (χ0) is 24.2. The van der Waals surface area contributed by atoms with Gasteiger partial charge in [-0.2, -0.15) is 5.10 Å². The van der Waals surface area contributed by atoms with Crippen molar-refractivity contribution in [1.82, 2.24) is 10.2 Å². The van der Waals surface area contributed by atoms with Crippen LogP contribution < -0.4 is 14.2 Å². The number of hydrogen-bond donors (Lipinski definition) is 2. The highest BCUT2D eigenvalue weighted by atomic mass is 35.5. The summed E-state index contributed by atoms with van der Waals surface area (Å²) in [4.78, 5) is 30.9. The van der Waals surface area contributed by atoms with Gasteiger partial charge in [-0.1, -0.05) is 18.5 Å². The number of aliphatic hydroxyl groups excluding tert-OH is 1. The number of methoxy groups -OCH3 is 2. The normalized spacial score (nSPS) is 22.1. The maximum absolute atomic E-state index is 13.7. The average molecular weight is 482 g/mol. The lowest BCUT2D eigenvalue weighted by molar-refractivity contribution is -0.118. The number of rotatable bonds is 4. The molecule has 0 radical (unpaired) electrons. The second-order valence-corrected chi connectivity index (χ2v) is 8.53. The van der Waals surface area contributed by atoms with Crippen LogP contribution in [0, 0.1) is 5.92 Å². The molecule has 2 N–H and O–H groups in total. The average Bonchev–Trinajstić information content (AvgIpc) is 3.41. The minimum absolute atomic E-state index is 0.0385. The van der Waals surface area contributed by atoms with Crippen LogP contribution in [0.3, 0.4) is 0 Å². The summed E-state index contributed by atoms with van der Waals surface area (Å²) in [6.07, 6.45) is 2.89. The van der Waals surface area contributed by atoms with Crippen LogP contribution in [0.5, 0.6) is 17.2 Å². The smallest absolute Gasteiger partial charge is 0.231 e. The van der Waals surface area contributed by atoms with Crippen LogP contribution in [0.2, 0.25) is 5.02 Å². The Balaban J connectivity index is 1.62. The quantitative estimate of drug-likeness (QED) is 0.530. The van der Waals surface area contributed by atoms with E-state index in [1.54, 1.807) is 25.3 Å². The van der Waals surface area contributed by atoms with E-state index in [-0.39, 0.29) is 45.6 Å². The molecule has 1 aromatic heterocycles. The van der Waals surface area contributed by atoms with Crippen molar-refractivity contribution in [3.63, 3.8) is 0 Å². The second-order valence-electron chi connectivity index (χ2n) is 8.16. The first-order valence-electron chi connectivity index (χ1n) is 10.4. The van der Waals surface area contributed by atoms with Crippen molar-refractivity contribution in [3.8, 4) is 17.2 Å². The van der Waals surface area contributed by atoms with Crippen molar-refractivity contribution < 1.29 is 28.9 Å². The predicted octanol–water partition coefficient (Wildman–Crippen LogP) is 4.37. The first-order valence-corrected chi connectivity index (χ1v) is 10.8. The van der Waals surface area contributed by atoms with Crippen LogP contribution in [-0.4, -0.2) is 52.9 Å². The third-order valence-corrected chi connectivity index (χ3v) is 6.64. The standard InChI is InChI=1S/C24H20ClN3O6/c1-11-6-16(29)14(10-26-13-5-4-12-9-27-28-15(12)7-13)22(30)24(11)23(31)19-17(32-2)8-18(33-3)20(25)21(19)34-24/h4-5,7-11,30H,6H2,1-3H3,(H,27,28)/t11-,24+/m1/s1. The van der Waals surface area contributed by atoms with E-state index in [1.807, 2.05) is 6.07 Å². The lowest BCUT2D eigenvalue weighted by Gasteiger charge is -2.36. The maximum Gasteiger partial charge on any atom is 0.231 e. The van der Waals surface area contributed by atoms with E-state index in [0.717, 1.165) is 10.9 Å². The number of allylic oxidation sites excluding steroid dienone is 1. The molecule has 1 spiro atoms. The fourth-order valence-corrected chi connectivity index (χ4v) is 4.72. The molecule has 0 unspecified atom stereocenters. The largest absolute Gasteiger partial charge is 0.507 e. The summed E-state index contributed by atoms with van der Waals surface area (Å²) in [5, 5.41) is 19.1. The number of aliphatic imine (C=N–C) groups is 1. The van der Waals surface area contributed by atoms with Gasteiger partial charge in [0, 0.05) is 30.0 Å². The highest BCUT2D eigenvalue weighted by Crippen LogP contribution is 2.54. The Hall–Kier alpha value is -3.85. The van der Waals surface area contributed by atoms with Gasteiger partial charge >= 0.3 is 0 Å². The molecule has 1 aliphatic heterocycles. The molecule has 0 amide bonds. The first kappa shape index (κ1) is 22.0. The first-order chi connectivity index (χ1) is 16.3. The number of benzene rings is 2. The number of nitrogens with one attached hydrogen (secondary N) is 1. The predicted molar refractivity (Wildman–Crippen MR) is 125 cm³/mol. The van der Waals surface area contributed by atoms with Crippen LogP contribution in [0.25, 0.3) is 10.9 Å². The summed E-state index contributed by atoms with van der Waals surface area (Å²) >= 11 is 6.43. The van der Waals surface area contributed by atoms with Crippen molar-refractivity contribution >= 4 is 46.0 Å². The van der Waals surface area contributed by atoms with E-state index in [9.17, 15) is 14.7 Å². The number of carbonyl (C=O) groups is 2. The highest BCUT2D eigenvalue weighted by Gasteiger charge is 2.60. The number of nitrogens with zero attached hydrogens (tertiary/aromatic N) is 2. The Labute approximate surface area is 199 Å². The van der Waals surface area contributed by atoms with Crippen molar-refractivity contribution in [1.29, 1.82) is 0 Å². The van der Waals surface area contributed by atoms with E-state index >= 15 is 0 Å². The van der Waals surface area contributed by atoms with Gasteiger partial charge in [0.2, 0.25) is 11.4 Å². The minimum Gasteiger partial charge on any atom is -0.507 e. The van der Waals surface area contributed by atoms with Gasteiger partial charge in [-0.25, -0.2) is 0 Å². The summed E-state index contributed by atoms with van der Waals surface area (Å²) in [6.45, 7) is 1.66. The van der Waals surface area contributed by atoms with Crippen LogP contribution in [-0.2, 0) is 4.79 Å². The van der Waals surface area contributed by atoms with Crippen molar-refractivity contribution in [3.05, 3.63) is 52.4 Å². The van der Waals surface area contributed by atoms with Gasteiger partial charge in [-0.3, -0.25) is 19.7 Å². The van der Waals surface area contributed by atoms with Gasteiger partial charge in [0.1, 0.15) is 22.1 Å². The number of H-pyrrole nitrogens is 1. The lowest BCUT2D eigenvalue weighted by atomic mass is 9.73. The van der Waals surface area contributed by atoms with E-state index in [0.29, 0.717) is 5.69 Å². The van der Waals surface area contributed by atoms with E-state index in [4.69, 9.17) is 25.8 Å². The Morgan fingerprint density at radius 1 is 1.26 bits per heavy atom. The number of ether oxygens (including phenoxy) is 3. The van der Waals surface area contributed by atoms with Crippen LogP contribution in [0.4, 0.5) is 5.69 Å². The second kappa shape index (κ2) is 7.88. The molecule has 2 heterocycles. The summed E-state index contributed by atoms with van der Waals surface area (Å²) < 4.78 is 16.7. The van der Waals surface area contributed by atoms with Crippen molar-refractivity contribution in [2.24, 2.45) is 10.9 Å². The number of ketones is 2. The Bertz CT molecular complexity index is 1430. The molecule has 2 aliphatic rings. The molecule has 3 aromatic rings. The van der Waals surface area contributed by atoms with Gasteiger partial charge in [0.05, 0.1) is 37.2 Å². The van der Waals surface area contributed by atoms with Gasteiger partial charge < -0.3 is 19.3 Å². The molecular weight excluding hydrogens is 462 g/mol. The number of aliphatic hydroxyl groups is 1. The number of hydrogen-bond acceptors (Lipinski definition) is 8. The van der Waals surface area contributed by atoms with Gasteiger partial charge in [-0.05, 0) is 18.2 Å². The molecular formula is C24H20ClN3O6. The summed E-state index contributed by atoms with van der Waals surface area (Å²) in [6, 6.07) is 6.82. The number of carbonyl (C=O) groups excluding carboxylic acids is 2. The molecule has 0 fully saturated rings. The van der Waals surface area contributed by atoms with Crippen molar-refractivity contribution in [2.45, 2.75) is 18.9 Å². The monoisotopic (exact) mass is 481 g/mol. The molecule has 34 heavy (non-hydrogen) atoms. The van der Waals surface area contributed by atoms with Gasteiger partial charge in [0.25, 0.3) is 0 Å². The highest BCUT2D eigenvalue weighted by molar-refractivity contribution is 6.35. The molecule has 2 aromatic carbocycles. The molecule has 0 saturated carbocycles. The number of aromatic amines is 1. The SMILES string of the molecule is COc1cc(OC)c2c(c1Cl)O[C@]1(C2=O)C(O)=C(C=Nc2ccc3cn[nH]c3c2)C(=O)C[C@H]1C. The molecule has 174 valence electrons. The number of Topliss-reactive ketones (excluding diaryl/α,β-unsaturated/α-hetero) is 2. The van der Waals surface area contributed by atoms with Crippen molar-refractivity contribution in [2.75, 3.05) is 14.2 Å². The zero-order valence-corrected chi connectivity index (χ0v) is 19.3. The number of halogens is 1. The van der Waals surface area contributed by atoms with Crippen LogP contribution >= 0.6 is 11.6 Å². The molecule has 10 heteroatoms. The lowest BCUT2D eigenvalue weighted by Crippen LogP contribution is -2.52. The fourth-order valence-electron chi connectivity index (χ4n) is 4.46. The minimum atomic E-state index is -1.84. The summed E-state index contributed by atoms with van der Waals surface area (Å²) in [5.41, 5.74) is -0.552. The fraction of sp³-hybridized carbons (Fsp3) is 0.250. The van der Waals surface area contributed by atoms with Gasteiger partial charge in [-0.15, -0.1) is 0 Å². The molecule has 0 bridgehead atoms. The third-order valence-electron chi connectivity index (χ3n) is 6.28. The molecule has 9 nitrogen and oxygen atoms in total. The Morgan fingerprint density at radius 2 is 2.03 bits per heavy atom. The molecule has 2 atom stereocenters. The maximum atomic E-state index is 13.7. The van der Waals surface area contributed by atoms with E-state index in [2.05, 4.69) is 15.2 Å². The number of aromatic nitrogens is 2. The summed E-state index contributed by atoms with van der Waals surface area (Å²) in [5.74, 6) is -1.61. The number of fused-ring (bicyclic) bond motifs is 2. The van der Waals surface area contributed by atoms with E-state index in [1.165, 1.54) is 26.5 Å². The molecule has 0 saturated heterocycles. The molecule has 1 aliphatic carbocycles. The topological polar surface area (TPSA) is 123 Å².